The van der Waals surface area contributed by atoms with Crippen LogP contribution in [0.5, 0.6) is 5.75 Å². The minimum atomic E-state index is -0.322. The van der Waals surface area contributed by atoms with E-state index in [0.717, 1.165) is 110 Å². The monoisotopic (exact) mass is 793 g/mol. The highest BCUT2D eigenvalue weighted by atomic mass is 16.3. The van der Waals surface area contributed by atoms with E-state index >= 15 is 0 Å². The second-order valence-electron chi connectivity index (χ2n) is 18.8. The van der Waals surface area contributed by atoms with Gasteiger partial charge in [-0.2, -0.15) is 0 Å². The van der Waals surface area contributed by atoms with Crippen LogP contribution >= 0.6 is 0 Å². The van der Waals surface area contributed by atoms with Crippen LogP contribution in [0.15, 0.2) is 134 Å². The van der Waals surface area contributed by atoms with Gasteiger partial charge in [-0.05, 0) is 94.6 Å². The molecule has 0 unspecified atom stereocenters. The lowest BCUT2D eigenvalue weighted by Gasteiger charge is -2.27. The number of hydrogen-bond donors (Lipinski definition) is 1. The first-order valence-electron chi connectivity index (χ1n) is 21.2. The summed E-state index contributed by atoms with van der Waals surface area (Å²) in [6, 6.07) is 45.4. The van der Waals surface area contributed by atoms with Crippen LogP contribution in [0.25, 0.3) is 99.4 Å². The molecule has 0 spiro atoms. The van der Waals surface area contributed by atoms with Gasteiger partial charge in [-0.1, -0.05) is 132 Å². The van der Waals surface area contributed by atoms with Crippen molar-refractivity contribution in [3.8, 4) is 45.1 Å². The van der Waals surface area contributed by atoms with Gasteiger partial charge in [0.25, 0.3) is 0 Å². The summed E-state index contributed by atoms with van der Waals surface area (Å²) in [6.45, 7) is 17.4. The minimum Gasteiger partial charge on any atom is -0.507 e. The van der Waals surface area contributed by atoms with E-state index in [-0.39, 0.29) is 16.6 Å². The zero-order valence-corrected chi connectivity index (χ0v) is 35.9. The van der Waals surface area contributed by atoms with Gasteiger partial charge in [-0.3, -0.25) is 14.0 Å². The second-order valence-corrected chi connectivity index (χ2v) is 18.8. The Hall–Kier alpha value is -7.05. The molecule has 0 aliphatic rings. The van der Waals surface area contributed by atoms with Crippen LogP contribution in [-0.2, 0) is 10.8 Å². The Morgan fingerprint density at radius 3 is 2.11 bits per heavy atom. The summed E-state index contributed by atoms with van der Waals surface area (Å²) in [4.78, 5) is 15.8. The van der Waals surface area contributed by atoms with Crippen LogP contribution in [0.2, 0.25) is 0 Å². The number of para-hydroxylation sites is 1. The first-order valence-corrected chi connectivity index (χ1v) is 21.2. The fourth-order valence-corrected chi connectivity index (χ4v) is 9.67. The first kappa shape index (κ1) is 37.0. The molecule has 11 rings (SSSR count). The van der Waals surface area contributed by atoms with Crippen LogP contribution < -0.4 is 0 Å². The number of benzene rings is 7. The molecule has 11 aromatic rings. The molecule has 7 aromatic carbocycles. The highest BCUT2D eigenvalue weighted by molar-refractivity contribution is 6.27. The van der Waals surface area contributed by atoms with Gasteiger partial charge in [0.1, 0.15) is 17.4 Å². The minimum absolute atomic E-state index is 0.180. The summed E-state index contributed by atoms with van der Waals surface area (Å²) in [6.07, 6.45) is 1.92. The molecule has 0 saturated carbocycles. The number of pyridine rings is 2. The van der Waals surface area contributed by atoms with E-state index in [1.54, 1.807) is 0 Å². The average Bonchev–Trinajstić information content (AvgIpc) is 3.80. The van der Waals surface area contributed by atoms with Crippen LogP contribution in [0.1, 0.15) is 64.1 Å². The molecule has 4 aromatic heterocycles. The molecule has 0 radical (unpaired) electrons. The number of rotatable bonds is 4. The lowest BCUT2D eigenvalue weighted by atomic mass is 9.79. The lowest BCUT2D eigenvalue weighted by Crippen LogP contribution is -2.17. The molecule has 6 heteroatoms. The molecule has 1 N–H and O–H groups in total. The van der Waals surface area contributed by atoms with Gasteiger partial charge >= 0.3 is 0 Å². The second kappa shape index (κ2) is 13.0. The van der Waals surface area contributed by atoms with Crippen molar-refractivity contribution in [2.45, 2.75) is 66.2 Å². The summed E-state index contributed by atoms with van der Waals surface area (Å²) >= 11 is 0. The molecule has 0 aliphatic carbocycles. The Kier molecular flexibility index (Phi) is 7.87. The van der Waals surface area contributed by atoms with Gasteiger partial charge in [0.2, 0.25) is 0 Å². The van der Waals surface area contributed by atoms with Gasteiger partial charge < -0.3 is 5.11 Å². The summed E-state index contributed by atoms with van der Waals surface area (Å²) in [7, 11) is 0. The van der Waals surface area contributed by atoms with Crippen molar-refractivity contribution in [3.63, 3.8) is 0 Å². The predicted octanol–water partition coefficient (Wildman–Crippen LogP) is 14.0. The zero-order valence-electron chi connectivity index (χ0n) is 35.9. The van der Waals surface area contributed by atoms with E-state index < -0.39 is 0 Å². The summed E-state index contributed by atoms with van der Waals surface area (Å²) in [5.74, 6) is 1.89. The van der Waals surface area contributed by atoms with Crippen molar-refractivity contribution in [1.29, 1.82) is 0 Å². The third kappa shape index (κ3) is 5.51. The van der Waals surface area contributed by atoms with Gasteiger partial charge in [-0.25, -0.2) is 9.97 Å². The number of imidazole rings is 2. The lowest BCUT2D eigenvalue weighted by molar-refractivity contribution is 0.446. The summed E-state index contributed by atoms with van der Waals surface area (Å²) in [5.41, 5.74) is 14.6. The van der Waals surface area contributed by atoms with Gasteiger partial charge in [-0.15, -0.1) is 0 Å². The fraction of sp³-hybridized carbons (Fsp3) is 0.182. The molecule has 0 bridgehead atoms. The molecule has 6 nitrogen and oxygen atoms in total. The standard InChI is InChI=1S/C55H47N5O/c1-31-21-24-45(39(27-31)33-15-10-9-11-16-33)60-46-20-14-19-37(48(46)58-53(60)42-28-35(54(3,4)5)29-43(52(42)61)55(6,7)8)40-30-41-49-47-34(25-26-56-49)22-23-44-51(47)59(32(2)57-44)50(41)38-18-13-12-17-36(38)40/h9-30,61H,1-8H3. The molecule has 0 saturated heterocycles. The number of aryl methyl sites for hydroxylation is 2. The van der Waals surface area contributed by atoms with E-state index in [1.807, 2.05) is 6.20 Å². The Balaban J connectivity index is 1.30. The van der Waals surface area contributed by atoms with E-state index in [1.165, 1.54) is 0 Å². The van der Waals surface area contributed by atoms with E-state index in [2.05, 4.69) is 192 Å². The number of aromatic hydroxyl groups is 1. The van der Waals surface area contributed by atoms with Crippen molar-refractivity contribution >= 4 is 60.0 Å². The highest BCUT2D eigenvalue weighted by Crippen LogP contribution is 2.47. The molecular weight excluding hydrogens is 747 g/mol. The van der Waals surface area contributed by atoms with Crippen molar-refractivity contribution in [2.24, 2.45) is 0 Å². The summed E-state index contributed by atoms with van der Waals surface area (Å²) < 4.78 is 4.61. The summed E-state index contributed by atoms with van der Waals surface area (Å²) in [5, 5.41) is 18.1. The van der Waals surface area contributed by atoms with Gasteiger partial charge in [0.15, 0.2) is 0 Å². The topological polar surface area (TPSA) is 68.2 Å². The smallest absolute Gasteiger partial charge is 0.149 e. The van der Waals surface area contributed by atoms with Gasteiger partial charge in [0.05, 0.1) is 44.4 Å². The molecule has 0 atom stereocenters. The molecule has 0 amide bonds. The molecular formula is C55H47N5O. The van der Waals surface area contributed by atoms with E-state index in [0.29, 0.717) is 11.4 Å². The Morgan fingerprint density at radius 1 is 0.574 bits per heavy atom. The largest absolute Gasteiger partial charge is 0.507 e. The normalized spacial score (nSPS) is 12.7. The quantitative estimate of drug-likeness (QED) is 0.142. The number of nitrogens with zero attached hydrogens (tertiary/aromatic N) is 5. The average molecular weight is 794 g/mol. The van der Waals surface area contributed by atoms with Crippen molar-refractivity contribution < 1.29 is 5.11 Å². The van der Waals surface area contributed by atoms with Crippen LogP contribution in [0.3, 0.4) is 0 Å². The highest BCUT2D eigenvalue weighted by Gasteiger charge is 2.30. The third-order valence-electron chi connectivity index (χ3n) is 12.7. The number of phenolic OH excluding ortho intramolecular Hbond substituents is 1. The number of hydrogen-bond acceptors (Lipinski definition) is 4. The van der Waals surface area contributed by atoms with Crippen molar-refractivity contribution in [3.05, 3.63) is 156 Å². The molecule has 4 heterocycles. The van der Waals surface area contributed by atoms with Crippen LogP contribution in [0.4, 0.5) is 0 Å². The molecule has 0 fully saturated rings. The number of fused-ring (bicyclic) bond motifs is 6. The predicted molar refractivity (Wildman–Crippen MR) is 254 cm³/mol. The third-order valence-corrected chi connectivity index (χ3v) is 12.7. The van der Waals surface area contributed by atoms with E-state index in [4.69, 9.17) is 15.0 Å². The maximum Gasteiger partial charge on any atom is 0.149 e. The molecule has 298 valence electrons. The molecule has 61 heavy (non-hydrogen) atoms. The number of aromatic nitrogens is 5. The Bertz CT molecular complexity index is 3580. The Labute approximate surface area is 355 Å². The number of phenols is 1. The van der Waals surface area contributed by atoms with Crippen LogP contribution in [-0.4, -0.2) is 29.0 Å². The maximum absolute atomic E-state index is 12.5. The zero-order chi connectivity index (χ0) is 42.1. The SMILES string of the molecule is Cc1ccc(-n2c(-c3cc(C(C)(C)C)cc(C(C)(C)C)c3O)nc3c(-c4cc5c6nccc7ccc8nc(C)n(c5c5ccccc45)c8c76)cccc32)c(-c2ccccc2)c1. The van der Waals surface area contributed by atoms with E-state index in [9.17, 15) is 5.11 Å². The fourth-order valence-electron chi connectivity index (χ4n) is 9.67. The van der Waals surface area contributed by atoms with Gasteiger partial charge in [0, 0.05) is 39.0 Å². The Morgan fingerprint density at radius 2 is 1.34 bits per heavy atom. The first-order chi connectivity index (χ1) is 29.3. The van der Waals surface area contributed by atoms with Crippen molar-refractivity contribution in [1.82, 2.24) is 23.9 Å². The molecule has 0 aliphatic heterocycles. The maximum atomic E-state index is 12.5. The van der Waals surface area contributed by atoms with Crippen molar-refractivity contribution in [2.75, 3.05) is 0 Å². The van der Waals surface area contributed by atoms with Crippen LogP contribution in [0, 0.1) is 13.8 Å².